The van der Waals surface area contributed by atoms with Crippen LogP contribution in [0.3, 0.4) is 0 Å². The number of carbonyl (C=O) groups is 3. The number of hydrogen-bond donors (Lipinski definition) is 3. The van der Waals surface area contributed by atoms with Crippen LogP contribution in [0, 0.1) is 51.7 Å². The van der Waals surface area contributed by atoms with Crippen molar-refractivity contribution in [3.8, 4) is 78.9 Å². The molecule has 0 aliphatic carbocycles. The average molecular weight is 2110 g/mol. The van der Waals surface area contributed by atoms with Gasteiger partial charge in [0.2, 0.25) is 17.1 Å². The van der Waals surface area contributed by atoms with Crippen LogP contribution in [0.4, 0.5) is 4.39 Å². The molecule has 0 fully saturated rings. The molecule has 12 heterocycles. The largest absolute Gasteiger partial charge is 0.512 e. The van der Waals surface area contributed by atoms with Gasteiger partial charge in [0.05, 0.1) is 34.0 Å². The van der Waals surface area contributed by atoms with E-state index in [1.165, 1.54) is 71.9 Å². The van der Waals surface area contributed by atoms with Crippen LogP contribution in [0.15, 0.2) is 293 Å². The van der Waals surface area contributed by atoms with Crippen molar-refractivity contribution in [2.24, 2.45) is 0 Å². The van der Waals surface area contributed by atoms with E-state index in [0.717, 1.165) is 161 Å². The monoisotopic (exact) mass is 2110 g/mol. The van der Waals surface area contributed by atoms with Gasteiger partial charge in [-0.05, 0) is 177 Å². The molecule has 19 rings (SSSR count). The zero-order chi connectivity index (χ0) is 81.4. The third kappa shape index (κ3) is 19.8. The molecule has 0 bridgehead atoms. The summed E-state index contributed by atoms with van der Waals surface area (Å²) < 4.78 is 50.3. The molecule has 12 aromatic heterocycles. The molecule has 7 aromatic carbocycles. The van der Waals surface area contributed by atoms with E-state index in [9.17, 15) is 18.8 Å². The van der Waals surface area contributed by atoms with Gasteiger partial charge in [0.25, 0.3) is 0 Å². The molecule has 0 saturated carbocycles. The molecular weight excluding hydrogens is 2040 g/mol. The second kappa shape index (κ2) is 38.4. The van der Waals surface area contributed by atoms with Crippen molar-refractivity contribution in [3.63, 3.8) is 0 Å². The number of ketones is 3. The number of halogens is 1. The van der Waals surface area contributed by atoms with Gasteiger partial charge < -0.3 is 56.8 Å². The molecule has 0 spiro atoms. The van der Waals surface area contributed by atoms with Crippen molar-refractivity contribution in [2.75, 3.05) is 0 Å². The first-order valence-electron chi connectivity index (χ1n) is 36.9. The Morgan fingerprint density at radius 1 is 0.361 bits per heavy atom. The molecule has 3 N–H and O–H groups in total. The van der Waals surface area contributed by atoms with Crippen molar-refractivity contribution < 1.29 is 121 Å². The van der Waals surface area contributed by atoms with Gasteiger partial charge in [0.15, 0.2) is 17.3 Å². The topological polar surface area (TPSA) is 268 Å². The fourth-order valence-corrected chi connectivity index (χ4v) is 13.4. The van der Waals surface area contributed by atoms with Crippen LogP contribution in [-0.2, 0) is 74.7 Å². The van der Waals surface area contributed by atoms with Crippen LogP contribution >= 0.6 is 0 Å². The number of aryl methyl sites for hydroxylation is 4. The van der Waals surface area contributed by atoms with Gasteiger partial charge in [-0.3, -0.25) is 14.4 Å². The van der Waals surface area contributed by atoms with Gasteiger partial charge >= 0.3 is 0 Å². The molecule has 0 atom stereocenters. The smallest absolute Gasteiger partial charge is 0.216 e. The number of benzene rings is 7. The maximum absolute atomic E-state index is 13.2. The minimum Gasteiger partial charge on any atom is -0.512 e. The summed E-state index contributed by atoms with van der Waals surface area (Å²) in [5, 5.41) is 33.8. The number of rotatable bonds is 10. The molecule has 0 unspecified atom stereocenters. The van der Waals surface area contributed by atoms with Crippen LogP contribution in [0.1, 0.15) is 64.2 Å². The van der Waals surface area contributed by atoms with Gasteiger partial charge in [-0.25, -0.2) is 19.3 Å². The normalized spacial score (nSPS) is 11.3. The predicted molar refractivity (Wildman–Crippen MR) is 452 cm³/mol. The van der Waals surface area contributed by atoms with E-state index in [1.807, 2.05) is 179 Å². The quantitative estimate of drug-likeness (QED) is 0.0652. The second-order valence-corrected chi connectivity index (χ2v) is 27.5. The summed E-state index contributed by atoms with van der Waals surface area (Å²) in [5.41, 5.74) is 19.7. The number of carbonyl (C=O) groups excluding carboxylic acids is 3. The van der Waals surface area contributed by atoms with Crippen molar-refractivity contribution in [1.82, 2.24) is 29.9 Å². The minimum atomic E-state index is -0.280. The fourth-order valence-electron chi connectivity index (χ4n) is 13.4. The molecular formula is C97H74FIr3N6O12-3. The van der Waals surface area contributed by atoms with Crippen molar-refractivity contribution in [1.29, 1.82) is 0 Å². The Hall–Kier alpha value is -13.0. The zero-order valence-corrected chi connectivity index (χ0v) is 72.9. The Labute approximate surface area is 723 Å². The summed E-state index contributed by atoms with van der Waals surface area (Å²) in [6.07, 6.45) is 9.02. The van der Waals surface area contributed by atoms with Gasteiger partial charge in [0, 0.05) is 174 Å². The van der Waals surface area contributed by atoms with Crippen molar-refractivity contribution in [3.05, 3.63) is 313 Å². The van der Waals surface area contributed by atoms with Crippen LogP contribution in [0.25, 0.3) is 178 Å². The first-order chi connectivity index (χ1) is 56.0. The van der Waals surface area contributed by atoms with Gasteiger partial charge in [-0.1, -0.05) is 124 Å². The third-order valence-corrected chi connectivity index (χ3v) is 18.4. The average Bonchev–Trinajstić information content (AvgIpc) is 1.62. The SMILES string of the molecule is CC(=O)C=C(C)O.CC(=O)C=C(C)O.CC(=O)C=C(C)O.Cc1ccc2c(n1)oc1c(-c3cc4oc(-c5ccc(F)cc5)cc4cn3)[c-]ccc12.Cc1ccc2c(n1)oc1c(-c3cc4oc(-c5ccccc5)c(-c5ccccc5)c4cn3)[c-]ccc12.Cc1ccc2c(n1)oc1c(-c3cc4oc(-c5ccccc5)c(C)c4cn3)[c-]ccc12.[Ir].[Ir].[Ir]. The van der Waals surface area contributed by atoms with E-state index in [0.29, 0.717) is 39.8 Å². The van der Waals surface area contributed by atoms with E-state index in [1.54, 1.807) is 18.3 Å². The Morgan fingerprint density at radius 2 is 0.723 bits per heavy atom. The Balaban J connectivity index is 0.000000154. The van der Waals surface area contributed by atoms with Crippen LogP contribution < -0.4 is 0 Å². The summed E-state index contributed by atoms with van der Waals surface area (Å²) in [6.45, 7) is 16.5. The van der Waals surface area contributed by atoms with E-state index in [2.05, 4.69) is 87.5 Å². The Bertz CT molecular complexity index is 6950. The first-order valence-corrected chi connectivity index (χ1v) is 36.9. The van der Waals surface area contributed by atoms with Crippen LogP contribution in [0.2, 0.25) is 0 Å². The number of aliphatic hydroxyl groups excluding tert-OH is 3. The molecule has 0 aliphatic rings. The van der Waals surface area contributed by atoms with Gasteiger partial charge in [-0.15, -0.1) is 54.6 Å². The summed E-state index contributed by atoms with van der Waals surface area (Å²) in [6, 6.07) is 78.2. The predicted octanol–water partition coefficient (Wildman–Crippen LogP) is 24.9. The number of aromatic nitrogens is 6. The summed E-state index contributed by atoms with van der Waals surface area (Å²) >= 11 is 0. The van der Waals surface area contributed by atoms with Crippen molar-refractivity contribution in [2.45, 2.75) is 69.2 Å². The molecule has 0 aliphatic heterocycles. The third-order valence-electron chi connectivity index (χ3n) is 18.4. The molecule has 119 heavy (non-hydrogen) atoms. The number of furan rings is 6. The van der Waals surface area contributed by atoms with Gasteiger partial charge in [-0.2, -0.15) is 0 Å². The summed E-state index contributed by atoms with van der Waals surface area (Å²) in [5.74, 6) is 1.89. The van der Waals surface area contributed by atoms with Crippen molar-refractivity contribution >= 4 is 116 Å². The number of nitrogens with zero attached hydrogens (tertiary/aromatic N) is 6. The maximum atomic E-state index is 13.2. The molecule has 22 heteroatoms. The molecule has 3 radical (unpaired) electrons. The Kier molecular flexibility index (Phi) is 28.0. The standard InChI is InChI=1S/C31H19N2O2.C26H17N2O2.C25H14FN2O2.3C5H8O2.3Ir/c1-19-15-16-23-22-13-8-14-24(30(22)35-31(23)33-19)26-17-27-25(18-32-26)28(20-9-4-2-5-10-20)29(34-27)21-11-6-3-7-12-21;1-15-11-12-19-18-9-6-10-20(25(18)30-26(19)28-15)22-13-23-21(14-27-22)16(2)24(29-23)17-7-4-3-5-8-17;1-14-5-10-19-18-3-2-4-20(24(18)30-25(19)28-14)21-12-23-16(13-27-21)11-22(29-23)15-6-8-17(26)9-7-15;3*1-4(6)3-5(2)7;;;/h2-13,15-18H,1H3;3-9,11-14H,1-2H3;2-3,5-13H,1H3;3*3,6H,1-2H3;;;/q3*-1;;;;;;. The summed E-state index contributed by atoms with van der Waals surface area (Å²) in [7, 11) is 0. The number of hydrogen-bond acceptors (Lipinski definition) is 18. The molecule has 0 saturated heterocycles. The fraction of sp³-hybridized carbons (Fsp3) is 0.103. The van der Waals surface area contributed by atoms with Gasteiger partial charge in [0.1, 0.15) is 39.8 Å². The van der Waals surface area contributed by atoms with Crippen LogP contribution in [0.5, 0.6) is 0 Å². The minimum absolute atomic E-state index is 0. The first kappa shape index (κ1) is 86.8. The molecule has 601 valence electrons. The summed E-state index contributed by atoms with van der Waals surface area (Å²) in [4.78, 5) is 57.8. The number of allylic oxidation sites excluding steroid dienone is 6. The van der Waals surface area contributed by atoms with Crippen LogP contribution in [-0.4, -0.2) is 62.6 Å². The molecule has 0 amide bonds. The number of pyridine rings is 6. The van der Waals surface area contributed by atoms with E-state index in [-0.39, 0.29) is 101 Å². The van der Waals surface area contributed by atoms with E-state index < -0.39 is 0 Å². The Morgan fingerprint density at radius 3 is 1.12 bits per heavy atom. The maximum Gasteiger partial charge on any atom is 0.216 e. The second-order valence-electron chi connectivity index (χ2n) is 27.5. The molecule has 18 nitrogen and oxygen atoms in total. The van der Waals surface area contributed by atoms with E-state index >= 15 is 0 Å². The zero-order valence-electron chi connectivity index (χ0n) is 65.7. The number of fused-ring (bicyclic) bond motifs is 12. The van der Waals surface area contributed by atoms with E-state index in [4.69, 9.17) is 51.8 Å². The molecule has 19 aromatic rings. The number of aliphatic hydroxyl groups is 3.